The van der Waals surface area contributed by atoms with Crippen LogP contribution in [0.2, 0.25) is 0 Å². The molecule has 0 saturated carbocycles. The van der Waals surface area contributed by atoms with Gasteiger partial charge < -0.3 is 5.32 Å². The van der Waals surface area contributed by atoms with E-state index in [4.69, 9.17) is 0 Å². The fourth-order valence-electron chi connectivity index (χ4n) is 1.64. The molecule has 1 nitrogen and oxygen atoms in total. The molecule has 0 spiro atoms. The van der Waals surface area contributed by atoms with Crippen molar-refractivity contribution < 1.29 is 0 Å². The second kappa shape index (κ2) is 6.29. The minimum absolute atomic E-state index is 0.543. The van der Waals surface area contributed by atoms with Crippen molar-refractivity contribution in [1.29, 1.82) is 0 Å². The summed E-state index contributed by atoms with van der Waals surface area (Å²) in [6.45, 7) is 6.69. The Kier molecular flexibility index (Phi) is 5.34. The minimum Gasteiger partial charge on any atom is -0.311 e. The summed E-state index contributed by atoms with van der Waals surface area (Å²) < 4.78 is 1.15. The molecule has 1 aromatic carbocycles. The molecule has 2 atom stereocenters. The van der Waals surface area contributed by atoms with Gasteiger partial charge in [0, 0.05) is 16.6 Å². The van der Waals surface area contributed by atoms with Gasteiger partial charge in [0.05, 0.1) is 0 Å². The zero-order chi connectivity index (χ0) is 11.3. The molecule has 0 aliphatic carbocycles. The van der Waals surface area contributed by atoms with E-state index in [1.807, 2.05) is 0 Å². The average Bonchev–Trinajstić information content (AvgIpc) is 2.21. The highest BCUT2D eigenvalue weighted by Crippen LogP contribution is 2.12. The van der Waals surface area contributed by atoms with Gasteiger partial charge in [0.25, 0.3) is 0 Å². The maximum atomic E-state index is 3.58. The molecule has 0 aliphatic heterocycles. The molecule has 15 heavy (non-hydrogen) atoms. The molecule has 1 rings (SSSR count). The zero-order valence-corrected chi connectivity index (χ0v) is 11.3. The molecule has 2 unspecified atom stereocenters. The normalized spacial score (nSPS) is 14.9. The van der Waals surface area contributed by atoms with Gasteiger partial charge in [0.1, 0.15) is 0 Å². The summed E-state index contributed by atoms with van der Waals surface area (Å²) in [6, 6.07) is 9.71. The number of rotatable bonds is 5. The van der Waals surface area contributed by atoms with E-state index in [0.717, 1.165) is 10.9 Å². The van der Waals surface area contributed by atoms with Crippen LogP contribution in [0.4, 0.5) is 0 Å². The maximum Gasteiger partial charge on any atom is 0.0175 e. The zero-order valence-electron chi connectivity index (χ0n) is 9.76. The van der Waals surface area contributed by atoms with Gasteiger partial charge in [-0.15, -0.1) is 0 Å². The van der Waals surface area contributed by atoms with E-state index in [9.17, 15) is 0 Å². The molecule has 2 heteroatoms. The van der Waals surface area contributed by atoms with Crippen molar-refractivity contribution in [1.82, 2.24) is 5.32 Å². The van der Waals surface area contributed by atoms with Crippen LogP contribution in [0.1, 0.15) is 32.8 Å². The Labute approximate surface area is 101 Å². The van der Waals surface area contributed by atoms with E-state index in [0.29, 0.717) is 12.1 Å². The summed E-state index contributed by atoms with van der Waals surface area (Å²) in [6.07, 6.45) is 2.28. The molecule has 0 radical (unpaired) electrons. The van der Waals surface area contributed by atoms with Crippen molar-refractivity contribution in [3.05, 3.63) is 34.3 Å². The van der Waals surface area contributed by atoms with Crippen molar-refractivity contribution in [3.63, 3.8) is 0 Å². The van der Waals surface area contributed by atoms with Crippen LogP contribution in [0.25, 0.3) is 0 Å². The molecule has 0 aliphatic rings. The van der Waals surface area contributed by atoms with E-state index in [1.165, 1.54) is 12.0 Å². The monoisotopic (exact) mass is 269 g/mol. The molecule has 84 valence electrons. The van der Waals surface area contributed by atoms with Crippen LogP contribution in [0, 0.1) is 0 Å². The quantitative estimate of drug-likeness (QED) is 0.858. The van der Waals surface area contributed by atoms with E-state index in [-0.39, 0.29) is 0 Å². The lowest BCUT2D eigenvalue weighted by molar-refractivity contribution is 0.455. The van der Waals surface area contributed by atoms with Crippen molar-refractivity contribution in [2.75, 3.05) is 0 Å². The van der Waals surface area contributed by atoms with Gasteiger partial charge in [-0.3, -0.25) is 0 Å². The molecular weight excluding hydrogens is 250 g/mol. The van der Waals surface area contributed by atoms with Gasteiger partial charge in [0.2, 0.25) is 0 Å². The number of benzene rings is 1. The predicted octanol–water partition coefficient (Wildman–Crippen LogP) is 3.77. The Bertz CT molecular complexity index is 281. The Balaban J connectivity index is 2.44. The van der Waals surface area contributed by atoms with Gasteiger partial charge in [-0.2, -0.15) is 0 Å². The number of hydrogen-bond donors (Lipinski definition) is 1. The predicted molar refractivity (Wildman–Crippen MR) is 70.2 cm³/mol. The Morgan fingerprint density at radius 2 is 1.73 bits per heavy atom. The largest absolute Gasteiger partial charge is 0.311 e. The topological polar surface area (TPSA) is 12.0 Å². The molecule has 1 aromatic rings. The third-order valence-electron chi connectivity index (χ3n) is 2.64. The molecular formula is C13H20BrN. The number of nitrogens with one attached hydrogen (secondary N) is 1. The van der Waals surface area contributed by atoms with Crippen molar-refractivity contribution in [3.8, 4) is 0 Å². The summed E-state index contributed by atoms with van der Waals surface area (Å²) in [5.41, 5.74) is 1.39. The number of halogens is 1. The third kappa shape index (κ3) is 4.80. The van der Waals surface area contributed by atoms with Gasteiger partial charge in [-0.1, -0.05) is 35.0 Å². The average molecular weight is 270 g/mol. The molecule has 0 saturated heterocycles. The third-order valence-corrected chi connectivity index (χ3v) is 3.17. The van der Waals surface area contributed by atoms with Crippen LogP contribution in [0.3, 0.4) is 0 Å². The molecule has 0 amide bonds. The first kappa shape index (κ1) is 12.7. The van der Waals surface area contributed by atoms with Crippen molar-refractivity contribution in [2.45, 2.75) is 45.7 Å². The molecule has 0 fully saturated rings. The second-order valence-electron chi connectivity index (χ2n) is 4.21. The summed E-state index contributed by atoms with van der Waals surface area (Å²) in [4.78, 5) is 0. The minimum atomic E-state index is 0.543. The maximum absolute atomic E-state index is 3.58. The van der Waals surface area contributed by atoms with Gasteiger partial charge in [-0.25, -0.2) is 0 Å². The summed E-state index contributed by atoms with van der Waals surface area (Å²) in [7, 11) is 0. The molecule has 0 bridgehead atoms. The summed E-state index contributed by atoms with van der Waals surface area (Å²) in [5.74, 6) is 0. The standard InChI is InChI=1S/C13H20BrN/c1-4-10(2)15-11(3)9-12-5-7-13(14)8-6-12/h5-8,10-11,15H,4,9H2,1-3H3. The van der Waals surface area contributed by atoms with E-state index < -0.39 is 0 Å². The molecule has 1 N–H and O–H groups in total. The smallest absolute Gasteiger partial charge is 0.0175 e. The highest BCUT2D eigenvalue weighted by molar-refractivity contribution is 9.10. The lowest BCUT2D eigenvalue weighted by atomic mass is 10.1. The van der Waals surface area contributed by atoms with Crippen LogP contribution in [0.15, 0.2) is 28.7 Å². The first-order chi connectivity index (χ1) is 7.11. The lowest BCUT2D eigenvalue weighted by Crippen LogP contribution is -2.35. The van der Waals surface area contributed by atoms with E-state index >= 15 is 0 Å². The first-order valence-corrected chi connectivity index (χ1v) is 6.41. The summed E-state index contributed by atoms with van der Waals surface area (Å²) in [5, 5.41) is 3.58. The SMILES string of the molecule is CCC(C)NC(C)Cc1ccc(Br)cc1. The lowest BCUT2D eigenvalue weighted by Gasteiger charge is -2.18. The van der Waals surface area contributed by atoms with Crippen molar-refractivity contribution in [2.24, 2.45) is 0 Å². The number of hydrogen-bond acceptors (Lipinski definition) is 1. The second-order valence-corrected chi connectivity index (χ2v) is 5.12. The first-order valence-electron chi connectivity index (χ1n) is 5.62. The van der Waals surface area contributed by atoms with Crippen LogP contribution in [-0.4, -0.2) is 12.1 Å². The highest BCUT2D eigenvalue weighted by Gasteiger charge is 2.06. The Morgan fingerprint density at radius 1 is 1.13 bits per heavy atom. The Hall–Kier alpha value is -0.340. The van der Waals surface area contributed by atoms with Crippen molar-refractivity contribution >= 4 is 15.9 Å². The van der Waals surface area contributed by atoms with Crippen LogP contribution in [-0.2, 0) is 6.42 Å². The fourth-order valence-corrected chi connectivity index (χ4v) is 1.90. The Morgan fingerprint density at radius 3 is 2.27 bits per heavy atom. The van der Waals surface area contributed by atoms with Gasteiger partial charge in [0.15, 0.2) is 0 Å². The van der Waals surface area contributed by atoms with Gasteiger partial charge in [-0.05, 0) is 44.4 Å². The van der Waals surface area contributed by atoms with E-state index in [1.54, 1.807) is 0 Å². The van der Waals surface area contributed by atoms with Crippen LogP contribution >= 0.6 is 15.9 Å². The van der Waals surface area contributed by atoms with Crippen LogP contribution < -0.4 is 5.32 Å². The fraction of sp³-hybridized carbons (Fsp3) is 0.538. The highest BCUT2D eigenvalue weighted by atomic mass is 79.9. The molecule has 0 heterocycles. The van der Waals surface area contributed by atoms with E-state index in [2.05, 4.69) is 66.3 Å². The molecule has 0 aromatic heterocycles. The summed E-state index contributed by atoms with van der Waals surface area (Å²) >= 11 is 3.45. The van der Waals surface area contributed by atoms with Gasteiger partial charge >= 0.3 is 0 Å². The van der Waals surface area contributed by atoms with Crippen LogP contribution in [0.5, 0.6) is 0 Å².